The van der Waals surface area contributed by atoms with Crippen molar-refractivity contribution in [3.8, 4) is 11.4 Å². The van der Waals surface area contributed by atoms with Gasteiger partial charge in [0.2, 0.25) is 5.91 Å². The van der Waals surface area contributed by atoms with Crippen LogP contribution in [0.2, 0.25) is 5.02 Å². The number of H-pyrrole nitrogens is 1. The Bertz CT molecular complexity index is 1030. The van der Waals surface area contributed by atoms with Crippen molar-refractivity contribution in [2.75, 3.05) is 32.1 Å². The molecule has 0 radical (unpaired) electrons. The van der Waals surface area contributed by atoms with Gasteiger partial charge in [0.1, 0.15) is 12.3 Å². The van der Waals surface area contributed by atoms with E-state index in [2.05, 4.69) is 25.3 Å². The van der Waals surface area contributed by atoms with Crippen molar-refractivity contribution in [3.63, 3.8) is 0 Å². The number of amides is 1. The van der Waals surface area contributed by atoms with Crippen LogP contribution in [0.5, 0.6) is 0 Å². The molecule has 0 aliphatic carbocycles. The van der Waals surface area contributed by atoms with E-state index in [1.165, 1.54) is 7.11 Å². The summed E-state index contributed by atoms with van der Waals surface area (Å²) < 4.78 is 19.2. The summed E-state index contributed by atoms with van der Waals surface area (Å²) in [6, 6.07) is 1.66. The number of rotatable bonds is 5. The lowest BCUT2D eigenvalue weighted by Gasteiger charge is -2.17. The number of carbonyl (C=O) groups is 1. The molecule has 28 heavy (non-hydrogen) atoms. The molecule has 0 unspecified atom stereocenters. The predicted molar refractivity (Wildman–Crippen MR) is 103 cm³/mol. The number of fused-ring (bicyclic) bond motifs is 1. The quantitative estimate of drug-likeness (QED) is 0.678. The van der Waals surface area contributed by atoms with Gasteiger partial charge in [0, 0.05) is 49.6 Å². The Morgan fingerprint density at radius 2 is 2.32 bits per heavy atom. The number of hydrogen-bond acceptors (Lipinski definition) is 6. The minimum atomic E-state index is -0.554. The van der Waals surface area contributed by atoms with Gasteiger partial charge in [0.05, 0.1) is 11.2 Å². The summed E-state index contributed by atoms with van der Waals surface area (Å²) in [5.41, 5.74) is 1.32. The van der Waals surface area contributed by atoms with E-state index in [9.17, 15) is 9.18 Å². The first-order chi connectivity index (χ1) is 13.5. The first-order valence-electron chi connectivity index (χ1n) is 8.74. The normalized spacial score (nSPS) is 16.7. The Kier molecular flexibility index (Phi) is 5.10. The highest BCUT2D eigenvalue weighted by molar-refractivity contribution is 6.31. The molecule has 0 spiro atoms. The number of aromatic amines is 1. The molecule has 2 N–H and O–H groups in total. The summed E-state index contributed by atoms with van der Waals surface area (Å²) in [6.07, 6.45) is 5.08. The van der Waals surface area contributed by atoms with Gasteiger partial charge in [-0.25, -0.2) is 19.3 Å². The van der Waals surface area contributed by atoms with Crippen LogP contribution in [0.25, 0.3) is 22.4 Å². The highest BCUT2D eigenvalue weighted by atomic mass is 35.5. The van der Waals surface area contributed by atoms with Gasteiger partial charge in [0.25, 0.3) is 0 Å². The SMILES string of the molecule is COCC(=O)N1CC[C@@H](Nc2nc(-c3c[nH]c4ncc(Cl)cc34)ncc2F)C1. The second-order valence-electron chi connectivity index (χ2n) is 6.54. The number of nitrogens with zero attached hydrogens (tertiary/aromatic N) is 4. The molecule has 0 aromatic carbocycles. The standard InChI is InChI=1S/C18H18ClFN6O2/c1-28-9-15(27)26-3-2-11(8-26)24-18-14(20)7-23-17(25-18)13-6-22-16-12(13)4-10(19)5-21-16/h4-7,11H,2-3,8-9H2,1H3,(H,21,22)(H,23,24,25)/t11-/m1/s1. The number of nitrogens with one attached hydrogen (secondary N) is 2. The Hall–Kier alpha value is -2.78. The van der Waals surface area contributed by atoms with Crippen molar-refractivity contribution < 1.29 is 13.9 Å². The second kappa shape index (κ2) is 7.69. The van der Waals surface area contributed by atoms with Gasteiger partial charge in [-0.15, -0.1) is 0 Å². The Labute approximate surface area is 165 Å². The summed E-state index contributed by atoms with van der Waals surface area (Å²) in [5, 5.41) is 4.32. The molecule has 0 saturated carbocycles. The maximum atomic E-state index is 14.3. The van der Waals surface area contributed by atoms with Crippen LogP contribution in [0, 0.1) is 5.82 Å². The monoisotopic (exact) mass is 404 g/mol. The zero-order valence-corrected chi connectivity index (χ0v) is 15.8. The number of hydrogen-bond donors (Lipinski definition) is 2. The smallest absolute Gasteiger partial charge is 0.248 e. The van der Waals surface area contributed by atoms with E-state index in [1.807, 2.05) is 0 Å². The van der Waals surface area contributed by atoms with E-state index < -0.39 is 5.82 Å². The molecule has 8 nitrogen and oxygen atoms in total. The number of ether oxygens (including phenoxy) is 1. The van der Waals surface area contributed by atoms with Gasteiger partial charge in [-0.05, 0) is 12.5 Å². The molecule has 1 saturated heterocycles. The topological polar surface area (TPSA) is 96.0 Å². The Balaban J connectivity index is 1.56. The molecule has 1 aliphatic heterocycles. The fourth-order valence-electron chi connectivity index (χ4n) is 3.27. The molecule has 3 aromatic rings. The minimum absolute atomic E-state index is 0.0376. The highest BCUT2D eigenvalue weighted by Crippen LogP contribution is 2.28. The van der Waals surface area contributed by atoms with Crippen molar-refractivity contribution in [2.45, 2.75) is 12.5 Å². The molecule has 146 valence electrons. The van der Waals surface area contributed by atoms with Crippen LogP contribution in [-0.2, 0) is 9.53 Å². The number of halogens is 2. The molecule has 10 heteroatoms. The molecule has 3 aromatic heterocycles. The Morgan fingerprint density at radius 1 is 1.46 bits per heavy atom. The lowest BCUT2D eigenvalue weighted by atomic mass is 10.2. The van der Waals surface area contributed by atoms with Gasteiger partial charge in [0.15, 0.2) is 17.5 Å². The number of likely N-dealkylation sites (tertiary alicyclic amines) is 1. The summed E-state index contributed by atoms with van der Waals surface area (Å²) in [6.45, 7) is 1.09. The molecule has 1 aliphatic rings. The number of aromatic nitrogens is 4. The van der Waals surface area contributed by atoms with Crippen LogP contribution in [-0.4, -0.2) is 63.6 Å². The first-order valence-corrected chi connectivity index (χ1v) is 9.11. The van der Waals surface area contributed by atoms with Crippen LogP contribution < -0.4 is 5.32 Å². The summed E-state index contributed by atoms with van der Waals surface area (Å²) in [4.78, 5) is 29.3. The lowest BCUT2D eigenvalue weighted by molar-refractivity contribution is -0.134. The van der Waals surface area contributed by atoms with Crippen molar-refractivity contribution >= 4 is 34.4 Å². The van der Waals surface area contributed by atoms with Crippen LogP contribution in [0.15, 0.2) is 24.7 Å². The summed E-state index contributed by atoms with van der Waals surface area (Å²) in [7, 11) is 1.48. The van der Waals surface area contributed by atoms with Gasteiger partial charge in [-0.3, -0.25) is 4.79 Å². The number of pyridine rings is 1. The molecule has 4 heterocycles. The number of carbonyl (C=O) groups excluding carboxylic acids is 1. The van der Waals surface area contributed by atoms with Crippen molar-refractivity contribution in [2.24, 2.45) is 0 Å². The fourth-order valence-corrected chi connectivity index (χ4v) is 3.43. The fraction of sp³-hybridized carbons (Fsp3) is 0.333. The van der Waals surface area contributed by atoms with E-state index in [0.717, 1.165) is 11.6 Å². The van der Waals surface area contributed by atoms with Crippen molar-refractivity contribution in [1.29, 1.82) is 0 Å². The predicted octanol–water partition coefficient (Wildman–Crippen LogP) is 2.47. The average Bonchev–Trinajstić information content (AvgIpc) is 3.30. The van der Waals surface area contributed by atoms with E-state index in [1.54, 1.807) is 23.4 Å². The maximum Gasteiger partial charge on any atom is 0.248 e. The van der Waals surface area contributed by atoms with Gasteiger partial charge in [-0.1, -0.05) is 11.6 Å². The molecule has 0 bridgehead atoms. The van der Waals surface area contributed by atoms with Crippen molar-refractivity contribution in [1.82, 2.24) is 24.8 Å². The average molecular weight is 405 g/mol. The van der Waals surface area contributed by atoms with Crippen molar-refractivity contribution in [3.05, 3.63) is 35.5 Å². The third-order valence-corrected chi connectivity index (χ3v) is 4.84. The third kappa shape index (κ3) is 3.63. The third-order valence-electron chi connectivity index (χ3n) is 4.63. The van der Waals surface area contributed by atoms with Gasteiger partial charge in [-0.2, -0.15) is 0 Å². The maximum absolute atomic E-state index is 14.3. The lowest BCUT2D eigenvalue weighted by Crippen LogP contribution is -2.34. The minimum Gasteiger partial charge on any atom is -0.375 e. The highest BCUT2D eigenvalue weighted by Gasteiger charge is 2.27. The van der Waals surface area contributed by atoms with Crippen LogP contribution in [0.1, 0.15) is 6.42 Å². The molecular formula is C18H18ClFN6O2. The van der Waals surface area contributed by atoms with Gasteiger partial charge >= 0.3 is 0 Å². The van der Waals surface area contributed by atoms with Gasteiger partial charge < -0.3 is 19.9 Å². The van der Waals surface area contributed by atoms with E-state index >= 15 is 0 Å². The second-order valence-corrected chi connectivity index (χ2v) is 6.98. The molecule has 1 fully saturated rings. The largest absolute Gasteiger partial charge is 0.375 e. The first kappa shape index (κ1) is 18.6. The molecule has 1 atom stereocenters. The zero-order chi connectivity index (χ0) is 19.7. The Morgan fingerprint density at radius 3 is 3.14 bits per heavy atom. The molecule has 4 rings (SSSR count). The van der Waals surface area contributed by atoms with E-state index in [0.29, 0.717) is 41.6 Å². The van der Waals surface area contributed by atoms with Crippen LogP contribution >= 0.6 is 11.6 Å². The van der Waals surface area contributed by atoms with E-state index in [-0.39, 0.29) is 24.4 Å². The number of methoxy groups -OCH3 is 1. The molecule has 1 amide bonds. The molecular weight excluding hydrogens is 387 g/mol. The summed E-state index contributed by atoms with van der Waals surface area (Å²) >= 11 is 6.04. The van der Waals surface area contributed by atoms with Crippen LogP contribution in [0.3, 0.4) is 0 Å². The number of anilines is 1. The summed E-state index contributed by atoms with van der Waals surface area (Å²) in [5.74, 6) is -0.190. The zero-order valence-electron chi connectivity index (χ0n) is 15.1. The van der Waals surface area contributed by atoms with Crippen LogP contribution in [0.4, 0.5) is 10.2 Å². The van der Waals surface area contributed by atoms with E-state index in [4.69, 9.17) is 16.3 Å².